The van der Waals surface area contributed by atoms with Crippen molar-refractivity contribution in [1.29, 1.82) is 0 Å². The molecule has 1 aliphatic heterocycles. The fraction of sp³-hybridized carbons (Fsp3) is 0.458. The highest BCUT2D eigenvalue weighted by Crippen LogP contribution is 2.36. The molecule has 156 valence electrons. The van der Waals surface area contributed by atoms with Gasteiger partial charge in [0.2, 0.25) is 0 Å². The number of aryl methyl sites for hydroxylation is 1. The Morgan fingerprint density at radius 2 is 1.90 bits per heavy atom. The molecule has 0 saturated carbocycles. The first-order valence-electron chi connectivity index (χ1n) is 10.2. The number of piperidine rings is 1. The zero-order valence-corrected chi connectivity index (χ0v) is 17.7. The second kappa shape index (κ2) is 8.44. The molecule has 1 heterocycles. The van der Waals surface area contributed by atoms with Crippen LogP contribution in [0.2, 0.25) is 0 Å². The highest BCUT2D eigenvalue weighted by atomic mass is 19.1. The average molecular weight is 399 g/mol. The van der Waals surface area contributed by atoms with E-state index in [1.165, 1.54) is 17.7 Å². The van der Waals surface area contributed by atoms with Crippen LogP contribution < -0.4 is 4.90 Å². The number of likely N-dealkylation sites (tertiary alicyclic amines) is 1. The molecule has 2 atom stereocenters. The summed E-state index contributed by atoms with van der Waals surface area (Å²) in [7, 11) is 0. The normalized spacial score (nSPS) is 19.8. The van der Waals surface area contributed by atoms with E-state index in [1.807, 2.05) is 12.1 Å². The summed E-state index contributed by atoms with van der Waals surface area (Å²) in [5.74, 6) is -0.238. The lowest BCUT2D eigenvalue weighted by atomic mass is 9.78. The highest BCUT2D eigenvalue weighted by Gasteiger charge is 2.40. The first-order chi connectivity index (χ1) is 13.6. The van der Waals surface area contributed by atoms with E-state index in [0.29, 0.717) is 13.1 Å². The van der Waals surface area contributed by atoms with Crippen molar-refractivity contribution in [1.82, 2.24) is 4.90 Å². The summed E-state index contributed by atoms with van der Waals surface area (Å²) in [6.45, 7) is 9.57. The maximum atomic E-state index is 13.4. The van der Waals surface area contributed by atoms with Gasteiger partial charge < -0.3 is 14.9 Å². The molecule has 1 amide bonds. The van der Waals surface area contributed by atoms with Gasteiger partial charge in [0.05, 0.1) is 0 Å². The molecule has 0 aliphatic carbocycles. The molecule has 5 heteroatoms. The van der Waals surface area contributed by atoms with E-state index < -0.39 is 6.09 Å². The van der Waals surface area contributed by atoms with Gasteiger partial charge in [-0.15, -0.1) is 0 Å². The van der Waals surface area contributed by atoms with Gasteiger partial charge in [-0.25, -0.2) is 9.18 Å². The first kappa shape index (κ1) is 21.2. The number of nitrogens with zero attached hydrogens (tertiary/aromatic N) is 2. The van der Waals surface area contributed by atoms with E-state index in [1.54, 1.807) is 4.90 Å². The van der Waals surface area contributed by atoms with Gasteiger partial charge in [-0.05, 0) is 60.6 Å². The number of carbonyl (C=O) groups is 1. The Kier molecular flexibility index (Phi) is 6.15. The number of rotatable bonds is 4. The molecule has 1 fully saturated rings. The molecule has 29 heavy (non-hydrogen) atoms. The Labute approximate surface area is 173 Å². The van der Waals surface area contributed by atoms with Crippen LogP contribution in [0.5, 0.6) is 0 Å². The fourth-order valence-electron chi connectivity index (χ4n) is 4.30. The van der Waals surface area contributed by atoms with E-state index in [-0.39, 0.29) is 23.3 Å². The second-order valence-electron chi connectivity index (χ2n) is 9.13. The molecule has 2 unspecified atom stereocenters. The van der Waals surface area contributed by atoms with Crippen LogP contribution in [0.1, 0.15) is 44.7 Å². The number of halogens is 1. The van der Waals surface area contributed by atoms with Crippen molar-refractivity contribution in [2.45, 2.75) is 59.2 Å². The van der Waals surface area contributed by atoms with Gasteiger partial charge in [0.15, 0.2) is 0 Å². The molecule has 0 aromatic heterocycles. The fourth-order valence-corrected chi connectivity index (χ4v) is 4.30. The van der Waals surface area contributed by atoms with Gasteiger partial charge in [0.1, 0.15) is 5.82 Å². The van der Waals surface area contributed by atoms with Crippen LogP contribution in [-0.4, -0.2) is 34.7 Å². The maximum Gasteiger partial charge on any atom is 0.407 e. The smallest absolute Gasteiger partial charge is 0.407 e. The standard InChI is InChI=1S/C24H31FN2O2/c1-17-6-5-7-20(14-17)27(16-18-8-10-19(25)11-9-18)21-12-13-26(23(28)29)22(15-21)24(2,3)4/h5-11,14,21-22H,12-13,15-16H2,1-4H3,(H,28,29). The molecule has 1 N–H and O–H groups in total. The third kappa shape index (κ3) is 5.08. The summed E-state index contributed by atoms with van der Waals surface area (Å²) in [6, 6.07) is 15.2. The molecule has 0 bridgehead atoms. The number of amides is 1. The zero-order chi connectivity index (χ0) is 21.2. The molecule has 2 aromatic rings. The van der Waals surface area contributed by atoms with Crippen LogP contribution in [0.25, 0.3) is 0 Å². The molecular weight excluding hydrogens is 367 g/mol. The lowest BCUT2D eigenvalue weighted by Gasteiger charge is -2.48. The Morgan fingerprint density at radius 3 is 2.48 bits per heavy atom. The number of hydrogen-bond donors (Lipinski definition) is 1. The molecule has 1 aliphatic rings. The minimum absolute atomic E-state index is 0.0562. The SMILES string of the molecule is Cc1cccc(N(Cc2ccc(F)cc2)C2CCN(C(=O)O)C(C(C)(C)C)C2)c1. The van der Waals surface area contributed by atoms with E-state index in [4.69, 9.17) is 0 Å². The van der Waals surface area contributed by atoms with Crippen LogP contribution in [0.4, 0.5) is 14.9 Å². The van der Waals surface area contributed by atoms with Crippen LogP contribution >= 0.6 is 0 Å². The van der Waals surface area contributed by atoms with Gasteiger partial charge in [-0.3, -0.25) is 0 Å². The van der Waals surface area contributed by atoms with Crippen molar-refractivity contribution in [3.05, 3.63) is 65.5 Å². The number of carboxylic acid groups (broad SMARTS) is 1. The lowest BCUT2D eigenvalue weighted by Crippen LogP contribution is -2.56. The Hall–Kier alpha value is -2.56. The summed E-state index contributed by atoms with van der Waals surface area (Å²) < 4.78 is 13.4. The summed E-state index contributed by atoms with van der Waals surface area (Å²) in [6.07, 6.45) is 0.697. The Balaban J connectivity index is 1.93. The molecule has 4 nitrogen and oxygen atoms in total. The van der Waals surface area contributed by atoms with Gasteiger partial charge in [-0.2, -0.15) is 0 Å². The summed E-state index contributed by atoms with van der Waals surface area (Å²) in [5, 5.41) is 9.69. The van der Waals surface area contributed by atoms with Crippen molar-refractivity contribution < 1.29 is 14.3 Å². The lowest BCUT2D eigenvalue weighted by molar-refractivity contribution is 0.0520. The van der Waals surface area contributed by atoms with E-state index in [0.717, 1.165) is 24.1 Å². The minimum Gasteiger partial charge on any atom is -0.465 e. The topological polar surface area (TPSA) is 43.8 Å². The van der Waals surface area contributed by atoms with E-state index in [2.05, 4.69) is 56.9 Å². The second-order valence-corrected chi connectivity index (χ2v) is 9.13. The average Bonchev–Trinajstić information content (AvgIpc) is 2.66. The third-order valence-electron chi connectivity index (χ3n) is 5.86. The van der Waals surface area contributed by atoms with Gasteiger partial charge in [0.25, 0.3) is 0 Å². The van der Waals surface area contributed by atoms with Crippen molar-refractivity contribution in [3.8, 4) is 0 Å². The van der Waals surface area contributed by atoms with Gasteiger partial charge in [-0.1, -0.05) is 45.0 Å². The third-order valence-corrected chi connectivity index (χ3v) is 5.86. The van der Waals surface area contributed by atoms with Crippen molar-refractivity contribution in [3.63, 3.8) is 0 Å². The molecule has 2 aromatic carbocycles. The molecule has 1 saturated heterocycles. The van der Waals surface area contributed by atoms with Crippen molar-refractivity contribution in [2.24, 2.45) is 5.41 Å². The summed E-state index contributed by atoms with van der Waals surface area (Å²) in [5.41, 5.74) is 3.20. The predicted octanol–water partition coefficient (Wildman–Crippen LogP) is 5.70. The monoisotopic (exact) mass is 398 g/mol. The largest absolute Gasteiger partial charge is 0.465 e. The number of benzene rings is 2. The van der Waals surface area contributed by atoms with Crippen LogP contribution in [0, 0.1) is 18.2 Å². The maximum absolute atomic E-state index is 13.4. The van der Waals surface area contributed by atoms with Crippen molar-refractivity contribution >= 4 is 11.8 Å². The van der Waals surface area contributed by atoms with Gasteiger partial charge in [0, 0.05) is 30.9 Å². The molecule has 0 spiro atoms. The molecule has 0 radical (unpaired) electrons. The van der Waals surface area contributed by atoms with Crippen LogP contribution in [-0.2, 0) is 6.54 Å². The van der Waals surface area contributed by atoms with Crippen molar-refractivity contribution in [2.75, 3.05) is 11.4 Å². The molecule has 3 rings (SSSR count). The summed E-state index contributed by atoms with van der Waals surface area (Å²) in [4.78, 5) is 15.8. The first-order valence-corrected chi connectivity index (χ1v) is 10.2. The van der Waals surface area contributed by atoms with Crippen LogP contribution in [0.15, 0.2) is 48.5 Å². The predicted molar refractivity (Wildman–Crippen MR) is 115 cm³/mol. The van der Waals surface area contributed by atoms with Crippen LogP contribution in [0.3, 0.4) is 0 Å². The van der Waals surface area contributed by atoms with E-state index in [9.17, 15) is 14.3 Å². The highest BCUT2D eigenvalue weighted by molar-refractivity contribution is 5.66. The van der Waals surface area contributed by atoms with Gasteiger partial charge >= 0.3 is 6.09 Å². The number of hydrogen-bond acceptors (Lipinski definition) is 2. The Bertz CT molecular complexity index is 845. The quantitative estimate of drug-likeness (QED) is 0.719. The number of anilines is 1. The Morgan fingerprint density at radius 1 is 1.21 bits per heavy atom. The minimum atomic E-state index is -0.844. The zero-order valence-electron chi connectivity index (χ0n) is 17.7. The summed E-state index contributed by atoms with van der Waals surface area (Å²) >= 11 is 0. The molecular formula is C24H31FN2O2. The van der Waals surface area contributed by atoms with E-state index >= 15 is 0 Å².